The number of aryl methyl sites for hydroxylation is 2. The summed E-state index contributed by atoms with van der Waals surface area (Å²) in [5.41, 5.74) is 5.09. The van der Waals surface area contributed by atoms with Crippen LogP contribution in [-0.4, -0.2) is 18.4 Å². The summed E-state index contributed by atoms with van der Waals surface area (Å²) in [6.45, 7) is 2.83. The predicted octanol–water partition coefficient (Wildman–Crippen LogP) is 6.53. The number of carbonyl (C=O) groups is 2. The number of unbranched alkanes of at least 4 members (excludes halogenated alkanes) is 1. The summed E-state index contributed by atoms with van der Waals surface area (Å²) in [5.74, 6) is -0.221. The van der Waals surface area contributed by atoms with Crippen molar-refractivity contribution >= 4 is 34.8 Å². The second-order valence-corrected chi connectivity index (χ2v) is 8.61. The molecule has 2 amide bonds. The summed E-state index contributed by atoms with van der Waals surface area (Å²) in [4.78, 5) is 27.7. The van der Waals surface area contributed by atoms with Gasteiger partial charge >= 0.3 is 0 Å². The molecule has 4 nitrogen and oxygen atoms in total. The highest BCUT2D eigenvalue weighted by molar-refractivity contribution is 6.31. The second kappa shape index (κ2) is 10.0. The molecule has 164 valence electrons. The Balaban J connectivity index is 1.49. The Kier molecular flexibility index (Phi) is 6.91. The lowest BCUT2D eigenvalue weighted by Gasteiger charge is -2.30. The van der Waals surface area contributed by atoms with Crippen LogP contribution in [0.15, 0.2) is 66.7 Å². The zero-order valence-electron chi connectivity index (χ0n) is 18.2. The first kappa shape index (κ1) is 22.1. The molecule has 0 saturated heterocycles. The van der Waals surface area contributed by atoms with Gasteiger partial charge in [-0.1, -0.05) is 43.1 Å². The van der Waals surface area contributed by atoms with Crippen LogP contribution in [-0.2, 0) is 12.8 Å². The van der Waals surface area contributed by atoms with Gasteiger partial charge in [0.15, 0.2) is 0 Å². The van der Waals surface area contributed by atoms with Crippen LogP contribution in [0.1, 0.15) is 58.0 Å². The van der Waals surface area contributed by atoms with Crippen molar-refractivity contribution in [2.75, 3.05) is 16.8 Å². The summed E-state index contributed by atoms with van der Waals surface area (Å²) in [6.07, 6.45) is 5.07. The van der Waals surface area contributed by atoms with Gasteiger partial charge < -0.3 is 10.2 Å². The van der Waals surface area contributed by atoms with Gasteiger partial charge in [0.1, 0.15) is 0 Å². The number of halogens is 1. The fourth-order valence-corrected chi connectivity index (χ4v) is 4.26. The maximum Gasteiger partial charge on any atom is 0.258 e. The zero-order valence-corrected chi connectivity index (χ0v) is 19.0. The van der Waals surface area contributed by atoms with Gasteiger partial charge in [0.2, 0.25) is 0 Å². The fourth-order valence-electron chi connectivity index (χ4n) is 4.07. The number of fused-ring (bicyclic) bond motifs is 1. The fraction of sp³-hybridized carbons (Fsp3) is 0.259. The van der Waals surface area contributed by atoms with E-state index in [9.17, 15) is 9.59 Å². The van der Waals surface area contributed by atoms with Gasteiger partial charge in [-0.15, -0.1) is 0 Å². The number of nitrogens with one attached hydrogen (secondary N) is 1. The molecular weight excluding hydrogens is 420 g/mol. The van der Waals surface area contributed by atoms with Crippen LogP contribution in [0.2, 0.25) is 5.02 Å². The van der Waals surface area contributed by atoms with E-state index in [0.29, 0.717) is 22.7 Å². The van der Waals surface area contributed by atoms with Crippen molar-refractivity contribution in [1.82, 2.24) is 0 Å². The molecule has 0 unspecified atom stereocenters. The van der Waals surface area contributed by atoms with Crippen molar-refractivity contribution in [2.24, 2.45) is 0 Å². The van der Waals surface area contributed by atoms with Crippen molar-refractivity contribution in [1.29, 1.82) is 0 Å². The van der Waals surface area contributed by atoms with E-state index in [1.807, 2.05) is 24.3 Å². The van der Waals surface area contributed by atoms with E-state index in [-0.39, 0.29) is 11.8 Å². The summed E-state index contributed by atoms with van der Waals surface area (Å²) >= 11 is 6.07. The highest BCUT2D eigenvalue weighted by Gasteiger charge is 2.24. The molecule has 32 heavy (non-hydrogen) atoms. The van der Waals surface area contributed by atoms with Crippen molar-refractivity contribution < 1.29 is 9.59 Å². The number of hydrogen-bond donors (Lipinski definition) is 1. The van der Waals surface area contributed by atoms with Gasteiger partial charge in [-0.05, 0) is 85.3 Å². The van der Waals surface area contributed by atoms with Gasteiger partial charge in [0, 0.05) is 34.1 Å². The van der Waals surface area contributed by atoms with E-state index < -0.39 is 0 Å². The van der Waals surface area contributed by atoms with Crippen LogP contribution in [0, 0.1) is 0 Å². The SMILES string of the molecule is CCCCc1ccc(NC(=O)c2ccc3c(c2)CCCN3C(=O)c2cccc(Cl)c2)cc1. The molecule has 1 N–H and O–H groups in total. The number of carbonyl (C=O) groups excluding carboxylic acids is 2. The van der Waals surface area contributed by atoms with E-state index in [0.717, 1.165) is 42.6 Å². The first-order valence-electron chi connectivity index (χ1n) is 11.2. The number of benzene rings is 3. The molecule has 1 heterocycles. The molecule has 5 heteroatoms. The molecule has 0 fully saturated rings. The molecule has 0 aliphatic carbocycles. The summed E-state index contributed by atoms with van der Waals surface area (Å²) < 4.78 is 0. The van der Waals surface area contributed by atoms with Crippen molar-refractivity contribution in [3.05, 3.63) is 94.0 Å². The molecule has 0 aromatic heterocycles. The second-order valence-electron chi connectivity index (χ2n) is 8.17. The van der Waals surface area contributed by atoms with Gasteiger partial charge in [0.25, 0.3) is 11.8 Å². The third-order valence-corrected chi connectivity index (χ3v) is 6.04. The van der Waals surface area contributed by atoms with Gasteiger partial charge in [-0.3, -0.25) is 9.59 Å². The van der Waals surface area contributed by atoms with Crippen LogP contribution >= 0.6 is 11.6 Å². The average Bonchev–Trinajstić information content (AvgIpc) is 2.82. The largest absolute Gasteiger partial charge is 0.322 e. The minimum atomic E-state index is -0.146. The quantitative estimate of drug-likeness (QED) is 0.468. The number of hydrogen-bond acceptors (Lipinski definition) is 2. The summed E-state index contributed by atoms with van der Waals surface area (Å²) in [6, 6.07) is 20.6. The predicted molar refractivity (Wildman–Crippen MR) is 131 cm³/mol. The van der Waals surface area contributed by atoms with Crippen molar-refractivity contribution in [2.45, 2.75) is 39.0 Å². The summed E-state index contributed by atoms with van der Waals surface area (Å²) in [7, 11) is 0. The van der Waals surface area contributed by atoms with E-state index in [2.05, 4.69) is 24.4 Å². The topological polar surface area (TPSA) is 49.4 Å². The number of rotatable bonds is 6. The Morgan fingerprint density at radius 2 is 1.81 bits per heavy atom. The van der Waals surface area contributed by atoms with Gasteiger partial charge in [-0.2, -0.15) is 0 Å². The molecular formula is C27H27ClN2O2. The van der Waals surface area contributed by atoms with Crippen LogP contribution in [0.4, 0.5) is 11.4 Å². The Labute approximate surface area is 194 Å². The van der Waals surface area contributed by atoms with Crippen molar-refractivity contribution in [3.8, 4) is 0 Å². The lowest BCUT2D eigenvalue weighted by molar-refractivity contribution is 0.0984. The maximum atomic E-state index is 13.1. The Bertz CT molecular complexity index is 1120. The highest BCUT2D eigenvalue weighted by atomic mass is 35.5. The smallest absolute Gasteiger partial charge is 0.258 e. The molecule has 0 radical (unpaired) electrons. The van der Waals surface area contributed by atoms with E-state index in [1.54, 1.807) is 35.2 Å². The van der Waals surface area contributed by atoms with Crippen molar-refractivity contribution in [3.63, 3.8) is 0 Å². The van der Waals surface area contributed by atoms with Crippen LogP contribution in [0.25, 0.3) is 0 Å². The number of nitrogens with zero attached hydrogens (tertiary/aromatic N) is 1. The van der Waals surface area contributed by atoms with Crippen LogP contribution < -0.4 is 10.2 Å². The first-order valence-corrected chi connectivity index (χ1v) is 11.5. The van der Waals surface area contributed by atoms with Gasteiger partial charge in [0.05, 0.1) is 0 Å². The Morgan fingerprint density at radius 3 is 2.56 bits per heavy atom. The number of anilines is 2. The lowest BCUT2D eigenvalue weighted by Crippen LogP contribution is -2.35. The minimum Gasteiger partial charge on any atom is -0.322 e. The maximum absolute atomic E-state index is 13.1. The molecule has 3 aromatic rings. The van der Waals surface area contributed by atoms with Crippen LogP contribution in [0.5, 0.6) is 0 Å². The van der Waals surface area contributed by atoms with Gasteiger partial charge in [-0.25, -0.2) is 0 Å². The third-order valence-electron chi connectivity index (χ3n) is 5.81. The molecule has 4 rings (SSSR count). The lowest BCUT2D eigenvalue weighted by atomic mass is 9.98. The van der Waals surface area contributed by atoms with E-state index in [4.69, 9.17) is 11.6 Å². The molecule has 0 spiro atoms. The standard InChI is InChI=1S/C27H27ClN2O2/c1-2-3-6-19-10-13-24(14-11-19)29-26(31)21-12-15-25-20(17-21)8-5-16-30(25)27(32)22-7-4-9-23(28)18-22/h4,7,9-15,17-18H,2-3,5-6,8,16H2,1H3,(H,29,31). The molecule has 1 aliphatic rings. The molecule has 1 aliphatic heterocycles. The summed E-state index contributed by atoms with van der Waals surface area (Å²) in [5, 5.41) is 3.52. The monoisotopic (exact) mass is 446 g/mol. The zero-order chi connectivity index (χ0) is 22.5. The third kappa shape index (κ3) is 5.03. The Hall–Kier alpha value is -3.11. The molecule has 0 saturated carbocycles. The number of amides is 2. The molecule has 0 atom stereocenters. The molecule has 0 bridgehead atoms. The molecule has 3 aromatic carbocycles. The van der Waals surface area contributed by atoms with E-state index >= 15 is 0 Å². The normalized spacial score (nSPS) is 12.9. The first-order chi connectivity index (χ1) is 15.5. The minimum absolute atomic E-state index is 0.0752. The Morgan fingerprint density at radius 1 is 1.00 bits per heavy atom. The average molecular weight is 447 g/mol. The van der Waals surface area contributed by atoms with Crippen LogP contribution in [0.3, 0.4) is 0 Å². The van der Waals surface area contributed by atoms with E-state index in [1.165, 1.54) is 12.0 Å². The highest BCUT2D eigenvalue weighted by Crippen LogP contribution is 2.30.